The van der Waals surface area contributed by atoms with Crippen LogP contribution in [0.25, 0.3) is 0 Å². The van der Waals surface area contributed by atoms with Crippen molar-refractivity contribution in [3.63, 3.8) is 0 Å². The molecular formula is C13H22N4. The number of rotatable bonds is 5. The van der Waals surface area contributed by atoms with Gasteiger partial charge in [-0.15, -0.1) is 10.2 Å². The van der Waals surface area contributed by atoms with E-state index in [-0.39, 0.29) is 0 Å². The molecule has 1 aromatic rings. The average Bonchev–Trinajstić information content (AvgIpc) is 2.97. The van der Waals surface area contributed by atoms with Gasteiger partial charge in [0, 0.05) is 19.0 Å². The first-order valence-electron chi connectivity index (χ1n) is 7.03. The molecule has 2 heterocycles. The summed E-state index contributed by atoms with van der Waals surface area (Å²) in [6.07, 6.45) is 7.69. The van der Waals surface area contributed by atoms with Crippen LogP contribution in [0.2, 0.25) is 0 Å². The Bertz CT molecular complexity index is 385. The molecule has 2 atom stereocenters. The second-order valence-corrected chi connectivity index (χ2v) is 5.41. The molecule has 3 rings (SSSR count). The molecule has 1 N–H and O–H groups in total. The summed E-state index contributed by atoms with van der Waals surface area (Å²) in [6.45, 7) is 4.28. The molecule has 1 saturated carbocycles. The summed E-state index contributed by atoms with van der Waals surface area (Å²) in [5.41, 5.74) is 0. The van der Waals surface area contributed by atoms with E-state index in [9.17, 15) is 0 Å². The van der Waals surface area contributed by atoms with Gasteiger partial charge >= 0.3 is 0 Å². The molecule has 94 valence electrons. The Kier molecular flexibility index (Phi) is 3.14. The summed E-state index contributed by atoms with van der Waals surface area (Å²) in [6, 6.07) is 0.742. The molecule has 2 unspecified atom stereocenters. The summed E-state index contributed by atoms with van der Waals surface area (Å²) in [5, 5.41) is 12.2. The lowest BCUT2D eigenvalue weighted by Crippen LogP contribution is -2.22. The number of fused-ring (bicyclic) bond motifs is 1. The van der Waals surface area contributed by atoms with Crippen molar-refractivity contribution in [1.29, 1.82) is 0 Å². The molecule has 1 aromatic heterocycles. The van der Waals surface area contributed by atoms with Crippen molar-refractivity contribution in [2.24, 2.45) is 5.92 Å². The van der Waals surface area contributed by atoms with Gasteiger partial charge in [0.25, 0.3) is 0 Å². The van der Waals surface area contributed by atoms with Gasteiger partial charge in [0.15, 0.2) is 0 Å². The van der Waals surface area contributed by atoms with Gasteiger partial charge in [0.1, 0.15) is 11.6 Å². The molecule has 4 nitrogen and oxygen atoms in total. The van der Waals surface area contributed by atoms with Gasteiger partial charge in [-0.25, -0.2) is 0 Å². The smallest absolute Gasteiger partial charge is 0.147 e. The zero-order valence-electron chi connectivity index (χ0n) is 10.7. The Labute approximate surface area is 103 Å². The van der Waals surface area contributed by atoms with Crippen molar-refractivity contribution in [1.82, 2.24) is 20.1 Å². The second-order valence-electron chi connectivity index (χ2n) is 5.41. The standard InChI is InChI=1S/C13H22N4/c1-2-5-10-8-11(10)14-9-13-16-15-12-6-3-4-7-17(12)13/h10-11,14H,2-9H2,1H3. The van der Waals surface area contributed by atoms with Crippen LogP contribution in [-0.2, 0) is 19.5 Å². The maximum absolute atomic E-state index is 4.32. The molecule has 0 spiro atoms. The van der Waals surface area contributed by atoms with Gasteiger partial charge < -0.3 is 9.88 Å². The third-order valence-electron chi connectivity index (χ3n) is 4.04. The van der Waals surface area contributed by atoms with E-state index in [1.165, 1.54) is 37.9 Å². The summed E-state index contributed by atoms with van der Waals surface area (Å²) < 4.78 is 2.31. The molecule has 0 bridgehead atoms. The molecule has 1 fully saturated rings. The molecule has 1 aliphatic heterocycles. The Balaban J connectivity index is 1.54. The molecule has 2 aliphatic rings. The van der Waals surface area contributed by atoms with Gasteiger partial charge in [-0.3, -0.25) is 0 Å². The topological polar surface area (TPSA) is 42.7 Å². The molecular weight excluding hydrogens is 212 g/mol. The van der Waals surface area contributed by atoms with E-state index in [0.717, 1.165) is 37.3 Å². The summed E-state index contributed by atoms with van der Waals surface area (Å²) in [5.74, 6) is 3.25. The van der Waals surface area contributed by atoms with E-state index in [2.05, 4.69) is 27.0 Å². The highest BCUT2D eigenvalue weighted by Crippen LogP contribution is 2.34. The third kappa shape index (κ3) is 2.37. The van der Waals surface area contributed by atoms with Crippen LogP contribution in [0.4, 0.5) is 0 Å². The zero-order valence-corrected chi connectivity index (χ0v) is 10.7. The van der Waals surface area contributed by atoms with E-state index in [4.69, 9.17) is 0 Å². The predicted molar refractivity (Wildman–Crippen MR) is 66.6 cm³/mol. The van der Waals surface area contributed by atoms with E-state index in [1.54, 1.807) is 0 Å². The fourth-order valence-electron chi connectivity index (χ4n) is 2.91. The highest BCUT2D eigenvalue weighted by Gasteiger charge is 2.35. The van der Waals surface area contributed by atoms with Gasteiger partial charge in [0.2, 0.25) is 0 Å². The molecule has 0 aromatic carbocycles. The Morgan fingerprint density at radius 2 is 2.29 bits per heavy atom. The molecule has 0 amide bonds. The summed E-state index contributed by atoms with van der Waals surface area (Å²) >= 11 is 0. The zero-order chi connectivity index (χ0) is 11.7. The van der Waals surface area contributed by atoms with E-state index < -0.39 is 0 Å². The highest BCUT2D eigenvalue weighted by atomic mass is 15.3. The van der Waals surface area contributed by atoms with Crippen molar-refractivity contribution in [2.45, 2.75) is 64.6 Å². The molecule has 0 saturated heterocycles. The predicted octanol–water partition coefficient (Wildman–Crippen LogP) is 1.89. The molecule has 0 radical (unpaired) electrons. The van der Waals surface area contributed by atoms with Gasteiger partial charge in [-0.05, 0) is 31.6 Å². The van der Waals surface area contributed by atoms with Crippen LogP contribution in [0.3, 0.4) is 0 Å². The third-order valence-corrected chi connectivity index (χ3v) is 4.04. The summed E-state index contributed by atoms with van der Waals surface area (Å²) in [7, 11) is 0. The van der Waals surface area contributed by atoms with Crippen LogP contribution in [0, 0.1) is 5.92 Å². The van der Waals surface area contributed by atoms with Crippen molar-refractivity contribution < 1.29 is 0 Å². The quantitative estimate of drug-likeness (QED) is 0.846. The van der Waals surface area contributed by atoms with Crippen molar-refractivity contribution in [2.75, 3.05) is 0 Å². The Hall–Kier alpha value is -0.900. The van der Waals surface area contributed by atoms with Crippen LogP contribution >= 0.6 is 0 Å². The lowest BCUT2D eigenvalue weighted by atomic mass is 10.2. The van der Waals surface area contributed by atoms with Crippen LogP contribution in [0.5, 0.6) is 0 Å². The van der Waals surface area contributed by atoms with Crippen LogP contribution in [0.1, 0.15) is 50.7 Å². The lowest BCUT2D eigenvalue weighted by molar-refractivity contribution is 0.492. The minimum Gasteiger partial charge on any atom is -0.314 e. The first-order chi connectivity index (χ1) is 8.38. The average molecular weight is 234 g/mol. The number of aryl methyl sites for hydroxylation is 1. The van der Waals surface area contributed by atoms with E-state index in [1.807, 2.05) is 0 Å². The largest absolute Gasteiger partial charge is 0.314 e. The second kappa shape index (κ2) is 4.77. The fraction of sp³-hybridized carbons (Fsp3) is 0.846. The van der Waals surface area contributed by atoms with E-state index in [0.29, 0.717) is 0 Å². The van der Waals surface area contributed by atoms with Gasteiger partial charge in [-0.2, -0.15) is 0 Å². The van der Waals surface area contributed by atoms with Crippen molar-refractivity contribution in [3.8, 4) is 0 Å². The SMILES string of the molecule is CCCC1CC1NCc1nnc2n1CCCC2. The van der Waals surface area contributed by atoms with Crippen molar-refractivity contribution in [3.05, 3.63) is 11.6 Å². The molecule has 1 aliphatic carbocycles. The number of aromatic nitrogens is 3. The maximum Gasteiger partial charge on any atom is 0.147 e. The van der Waals surface area contributed by atoms with Gasteiger partial charge in [-0.1, -0.05) is 13.3 Å². The molecule has 4 heteroatoms. The fourth-order valence-corrected chi connectivity index (χ4v) is 2.91. The van der Waals surface area contributed by atoms with Crippen molar-refractivity contribution >= 4 is 0 Å². The monoisotopic (exact) mass is 234 g/mol. The van der Waals surface area contributed by atoms with Crippen LogP contribution in [0.15, 0.2) is 0 Å². The summed E-state index contributed by atoms with van der Waals surface area (Å²) in [4.78, 5) is 0. The lowest BCUT2D eigenvalue weighted by Gasteiger charge is -2.14. The minimum atomic E-state index is 0.742. The molecule has 17 heavy (non-hydrogen) atoms. The minimum absolute atomic E-state index is 0.742. The van der Waals surface area contributed by atoms with E-state index >= 15 is 0 Å². The normalized spacial score (nSPS) is 26.9. The Morgan fingerprint density at radius 1 is 1.35 bits per heavy atom. The highest BCUT2D eigenvalue weighted by molar-refractivity contribution is 5.00. The van der Waals surface area contributed by atoms with Gasteiger partial charge in [0.05, 0.1) is 6.54 Å². The first kappa shape index (κ1) is 11.2. The number of hydrogen-bond donors (Lipinski definition) is 1. The number of nitrogens with one attached hydrogen (secondary N) is 1. The first-order valence-corrected chi connectivity index (χ1v) is 7.03. The number of nitrogens with zero attached hydrogens (tertiary/aromatic N) is 3. The maximum atomic E-state index is 4.32. The van der Waals surface area contributed by atoms with Crippen LogP contribution in [-0.4, -0.2) is 20.8 Å². The van der Waals surface area contributed by atoms with Crippen LogP contribution < -0.4 is 5.32 Å². The number of hydrogen-bond acceptors (Lipinski definition) is 3. The Morgan fingerprint density at radius 3 is 3.18 bits per heavy atom.